The van der Waals surface area contributed by atoms with E-state index in [4.69, 9.17) is 0 Å². The Bertz CT molecular complexity index is 957. The zero-order chi connectivity index (χ0) is 21.1. The van der Waals surface area contributed by atoms with E-state index in [2.05, 4.69) is 90.6 Å². The van der Waals surface area contributed by atoms with Crippen molar-refractivity contribution in [2.75, 3.05) is 31.1 Å². The van der Waals surface area contributed by atoms with Gasteiger partial charge < -0.3 is 9.80 Å². The van der Waals surface area contributed by atoms with Crippen LogP contribution in [0.25, 0.3) is 0 Å². The molecule has 0 unspecified atom stereocenters. The molecule has 6 heteroatoms. The maximum absolute atomic E-state index is 4.48. The van der Waals surface area contributed by atoms with Crippen LogP contribution in [0.1, 0.15) is 42.4 Å². The molecule has 1 aromatic heterocycles. The maximum atomic E-state index is 4.48. The van der Waals surface area contributed by atoms with E-state index in [9.17, 15) is 0 Å². The van der Waals surface area contributed by atoms with E-state index in [-0.39, 0.29) is 0 Å². The van der Waals surface area contributed by atoms with Crippen LogP contribution in [-0.2, 0) is 6.54 Å². The number of rotatable bonds is 6. The summed E-state index contributed by atoms with van der Waals surface area (Å²) in [5.74, 6) is 1.47. The molecule has 1 N–H and O–H groups in total. The first kappa shape index (κ1) is 20.5. The highest BCUT2D eigenvalue weighted by molar-refractivity contribution is 5.55. The van der Waals surface area contributed by atoms with Gasteiger partial charge in [0.2, 0.25) is 5.82 Å². The minimum atomic E-state index is 0.296. The highest BCUT2D eigenvalue weighted by Crippen LogP contribution is 2.22. The van der Waals surface area contributed by atoms with Crippen molar-refractivity contribution in [2.24, 2.45) is 5.92 Å². The molecule has 6 nitrogen and oxygen atoms in total. The summed E-state index contributed by atoms with van der Waals surface area (Å²) in [6.07, 6.45) is 0. The van der Waals surface area contributed by atoms with Crippen LogP contribution in [-0.4, -0.2) is 46.4 Å². The van der Waals surface area contributed by atoms with Gasteiger partial charge in [-0.15, -0.1) is 5.10 Å². The summed E-state index contributed by atoms with van der Waals surface area (Å²) >= 11 is 0. The van der Waals surface area contributed by atoms with Crippen molar-refractivity contribution in [3.05, 3.63) is 71.0 Å². The minimum absolute atomic E-state index is 0.296. The number of quaternary nitrogens is 1. The van der Waals surface area contributed by atoms with Crippen molar-refractivity contribution < 1.29 is 4.90 Å². The van der Waals surface area contributed by atoms with Crippen molar-refractivity contribution in [1.29, 1.82) is 0 Å². The largest absolute Gasteiger partial charge is 0.360 e. The molecule has 1 aliphatic rings. The third kappa shape index (κ3) is 4.38. The van der Waals surface area contributed by atoms with Gasteiger partial charge in [0.1, 0.15) is 0 Å². The molecule has 0 bridgehead atoms. The number of benzene rings is 2. The van der Waals surface area contributed by atoms with E-state index < -0.39 is 0 Å². The van der Waals surface area contributed by atoms with Gasteiger partial charge in [-0.1, -0.05) is 56.3 Å². The molecule has 158 valence electrons. The number of piperazine rings is 1. The lowest BCUT2D eigenvalue weighted by atomic mass is 10.00. The van der Waals surface area contributed by atoms with Gasteiger partial charge in [-0.3, -0.25) is 0 Å². The molecule has 30 heavy (non-hydrogen) atoms. The molecule has 3 aromatic rings. The zero-order valence-corrected chi connectivity index (χ0v) is 18.5. The molecule has 2 heterocycles. The Morgan fingerprint density at radius 3 is 2.43 bits per heavy atom. The maximum Gasteiger partial charge on any atom is 0.209 e. The number of hydrogen-bond acceptors (Lipinski definition) is 4. The Balaban J connectivity index is 1.50. The summed E-state index contributed by atoms with van der Waals surface area (Å²) in [7, 11) is 0. The van der Waals surface area contributed by atoms with Gasteiger partial charge in [0.15, 0.2) is 6.04 Å². The van der Waals surface area contributed by atoms with Crippen molar-refractivity contribution in [3.63, 3.8) is 0 Å². The molecule has 0 amide bonds. The summed E-state index contributed by atoms with van der Waals surface area (Å²) < 4.78 is 1.99. The van der Waals surface area contributed by atoms with Gasteiger partial charge in [0.25, 0.3) is 0 Å². The molecule has 0 radical (unpaired) electrons. The van der Waals surface area contributed by atoms with E-state index >= 15 is 0 Å². The number of nitrogens with one attached hydrogen (secondary N) is 1. The summed E-state index contributed by atoms with van der Waals surface area (Å²) in [6.45, 7) is 14.0. The summed E-state index contributed by atoms with van der Waals surface area (Å²) in [6, 6.07) is 17.5. The second-order valence-electron chi connectivity index (χ2n) is 8.84. The van der Waals surface area contributed by atoms with Crippen LogP contribution in [0.3, 0.4) is 0 Å². The SMILES string of the molecule is Cc1ccc(C)c(N2CC[NH+]([C@@H](c3nnnn3Cc3ccccc3)C(C)C)CC2)c1. The first-order valence-corrected chi connectivity index (χ1v) is 11.0. The summed E-state index contributed by atoms with van der Waals surface area (Å²) in [5.41, 5.74) is 5.29. The third-order valence-electron chi connectivity index (χ3n) is 6.23. The van der Waals surface area contributed by atoms with Crippen LogP contribution in [0, 0.1) is 19.8 Å². The average Bonchev–Trinajstić information content (AvgIpc) is 3.18. The lowest BCUT2D eigenvalue weighted by Crippen LogP contribution is -3.15. The number of nitrogens with zero attached hydrogens (tertiary/aromatic N) is 5. The highest BCUT2D eigenvalue weighted by Gasteiger charge is 2.35. The second kappa shape index (κ2) is 8.96. The molecule has 0 aliphatic carbocycles. The van der Waals surface area contributed by atoms with Gasteiger partial charge in [0.05, 0.1) is 32.7 Å². The number of tetrazole rings is 1. The molecule has 0 spiro atoms. The van der Waals surface area contributed by atoms with Gasteiger partial charge >= 0.3 is 0 Å². The zero-order valence-electron chi connectivity index (χ0n) is 18.5. The Kier molecular flexibility index (Phi) is 6.13. The van der Waals surface area contributed by atoms with E-state index in [1.54, 1.807) is 4.90 Å². The molecule has 4 rings (SSSR count). The van der Waals surface area contributed by atoms with Gasteiger partial charge in [0, 0.05) is 11.6 Å². The van der Waals surface area contributed by atoms with Gasteiger partial charge in [-0.25, -0.2) is 4.68 Å². The van der Waals surface area contributed by atoms with E-state index in [1.165, 1.54) is 22.4 Å². The van der Waals surface area contributed by atoms with Gasteiger partial charge in [-0.05, 0) is 47.0 Å². The predicted octanol–water partition coefficient (Wildman–Crippen LogP) is 2.44. The standard InChI is InChI=1S/C24H32N6/c1-18(2)23(24-25-26-27-30(24)17-21-8-6-5-7-9-21)29-14-12-28(13-15-29)22-16-19(3)10-11-20(22)4/h5-11,16,18,23H,12-15,17H2,1-4H3/p+1/t23-/m1/s1. The fraction of sp³-hybridized carbons (Fsp3) is 0.458. The van der Waals surface area contributed by atoms with Crippen molar-refractivity contribution in [1.82, 2.24) is 20.2 Å². The average molecular weight is 406 g/mol. The van der Waals surface area contributed by atoms with Crippen LogP contribution in [0.5, 0.6) is 0 Å². The quantitative estimate of drug-likeness (QED) is 0.684. The summed E-state index contributed by atoms with van der Waals surface area (Å²) in [4.78, 5) is 4.12. The molecular weight excluding hydrogens is 372 g/mol. The second-order valence-corrected chi connectivity index (χ2v) is 8.84. The van der Waals surface area contributed by atoms with Crippen molar-refractivity contribution >= 4 is 5.69 Å². The van der Waals surface area contributed by atoms with Gasteiger partial charge in [-0.2, -0.15) is 0 Å². The van der Waals surface area contributed by atoms with E-state index in [0.717, 1.165) is 32.0 Å². The molecular formula is C24H33N6+. The first-order valence-electron chi connectivity index (χ1n) is 11.0. The predicted molar refractivity (Wildman–Crippen MR) is 120 cm³/mol. The monoisotopic (exact) mass is 405 g/mol. The Hall–Kier alpha value is -2.73. The topological polar surface area (TPSA) is 51.3 Å². The number of aromatic nitrogens is 4. The van der Waals surface area contributed by atoms with Crippen LogP contribution in [0.2, 0.25) is 0 Å². The Morgan fingerprint density at radius 1 is 1.00 bits per heavy atom. The van der Waals surface area contributed by atoms with Crippen LogP contribution >= 0.6 is 0 Å². The van der Waals surface area contributed by atoms with Crippen LogP contribution in [0.4, 0.5) is 5.69 Å². The highest BCUT2D eigenvalue weighted by atomic mass is 15.6. The first-order chi connectivity index (χ1) is 14.5. The number of anilines is 1. The Morgan fingerprint density at radius 2 is 1.73 bits per heavy atom. The molecule has 0 saturated carbocycles. The number of aryl methyl sites for hydroxylation is 2. The fourth-order valence-corrected chi connectivity index (χ4v) is 4.66. The normalized spacial score (nSPS) is 16.2. The van der Waals surface area contributed by atoms with Crippen molar-refractivity contribution in [2.45, 2.75) is 40.3 Å². The van der Waals surface area contributed by atoms with Crippen LogP contribution < -0.4 is 9.80 Å². The van der Waals surface area contributed by atoms with Crippen LogP contribution in [0.15, 0.2) is 48.5 Å². The molecule has 2 aromatic carbocycles. The Labute approximate surface area is 179 Å². The third-order valence-corrected chi connectivity index (χ3v) is 6.23. The van der Waals surface area contributed by atoms with Crippen molar-refractivity contribution in [3.8, 4) is 0 Å². The molecule has 1 fully saturated rings. The molecule has 1 saturated heterocycles. The lowest BCUT2D eigenvalue weighted by Gasteiger charge is -2.39. The minimum Gasteiger partial charge on any atom is -0.360 e. The van der Waals surface area contributed by atoms with E-state index in [1.807, 2.05) is 10.7 Å². The fourth-order valence-electron chi connectivity index (χ4n) is 4.66. The number of hydrogen-bond donors (Lipinski definition) is 1. The molecule has 1 aliphatic heterocycles. The lowest BCUT2D eigenvalue weighted by molar-refractivity contribution is -0.937. The van der Waals surface area contributed by atoms with E-state index in [0.29, 0.717) is 18.5 Å². The smallest absolute Gasteiger partial charge is 0.209 e. The molecule has 1 atom stereocenters. The summed E-state index contributed by atoms with van der Waals surface area (Å²) in [5, 5.41) is 12.8.